The van der Waals surface area contributed by atoms with Crippen molar-refractivity contribution in [3.63, 3.8) is 0 Å². The predicted octanol–water partition coefficient (Wildman–Crippen LogP) is 3.08. The number of rotatable bonds is 5. The molecule has 4 rings (SSSR count). The van der Waals surface area contributed by atoms with Gasteiger partial charge in [-0.05, 0) is 31.2 Å². The van der Waals surface area contributed by atoms with E-state index >= 15 is 0 Å². The number of aryl methyl sites for hydroxylation is 1. The van der Waals surface area contributed by atoms with Gasteiger partial charge in [-0.15, -0.1) is 15.3 Å². The van der Waals surface area contributed by atoms with Gasteiger partial charge >= 0.3 is 6.43 Å². The van der Waals surface area contributed by atoms with Crippen LogP contribution in [-0.2, 0) is 6.54 Å². The van der Waals surface area contributed by atoms with Crippen molar-refractivity contribution < 1.29 is 13.2 Å². The maximum absolute atomic E-state index is 12.5. The summed E-state index contributed by atoms with van der Waals surface area (Å²) in [7, 11) is 0. The SMILES string of the molecule is Cc1ccc(-c2cn(Cc3ccc(-c4nnc(C(F)F)o4)cn3)nn2)cn1. The Morgan fingerprint density at radius 3 is 2.48 bits per heavy atom. The number of nitrogens with zero attached hydrogens (tertiary/aromatic N) is 7. The average Bonchev–Trinajstić information content (AvgIpc) is 3.33. The number of hydrogen-bond acceptors (Lipinski definition) is 7. The minimum absolute atomic E-state index is 0.000682. The zero-order valence-corrected chi connectivity index (χ0v) is 14.1. The highest BCUT2D eigenvalue weighted by Crippen LogP contribution is 2.23. The molecule has 0 unspecified atom stereocenters. The van der Waals surface area contributed by atoms with Crippen LogP contribution in [0.2, 0.25) is 0 Å². The average molecular weight is 369 g/mol. The number of alkyl halides is 2. The first-order chi connectivity index (χ1) is 13.1. The summed E-state index contributed by atoms with van der Waals surface area (Å²) in [6, 6.07) is 7.25. The molecule has 0 aromatic carbocycles. The van der Waals surface area contributed by atoms with Crippen LogP contribution in [0.15, 0.2) is 47.3 Å². The summed E-state index contributed by atoms with van der Waals surface area (Å²) >= 11 is 0. The van der Waals surface area contributed by atoms with E-state index in [4.69, 9.17) is 4.42 Å². The van der Waals surface area contributed by atoms with E-state index in [1.54, 1.807) is 29.2 Å². The van der Waals surface area contributed by atoms with Crippen molar-refractivity contribution in [1.82, 2.24) is 35.2 Å². The molecule has 136 valence electrons. The summed E-state index contributed by atoms with van der Waals surface area (Å²) in [5, 5.41) is 15.1. The van der Waals surface area contributed by atoms with Crippen molar-refractivity contribution in [2.24, 2.45) is 0 Å². The Kier molecular flexibility index (Phi) is 4.37. The largest absolute Gasteiger partial charge is 0.415 e. The molecular formula is C17H13F2N7O. The van der Waals surface area contributed by atoms with Gasteiger partial charge in [0.25, 0.3) is 5.89 Å². The molecule has 0 saturated heterocycles. The van der Waals surface area contributed by atoms with Crippen molar-refractivity contribution in [3.8, 4) is 22.7 Å². The second-order valence-corrected chi connectivity index (χ2v) is 5.77. The Labute approximate surface area is 151 Å². The lowest BCUT2D eigenvalue weighted by atomic mass is 10.2. The third-order valence-corrected chi connectivity index (χ3v) is 3.77. The lowest BCUT2D eigenvalue weighted by molar-refractivity contribution is 0.116. The first-order valence-corrected chi connectivity index (χ1v) is 7.98. The molecule has 27 heavy (non-hydrogen) atoms. The van der Waals surface area contributed by atoms with Crippen LogP contribution < -0.4 is 0 Å². The summed E-state index contributed by atoms with van der Waals surface area (Å²) in [4.78, 5) is 8.53. The van der Waals surface area contributed by atoms with Crippen molar-refractivity contribution in [2.45, 2.75) is 19.9 Å². The molecule has 8 nitrogen and oxygen atoms in total. The van der Waals surface area contributed by atoms with E-state index in [0.29, 0.717) is 23.5 Å². The summed E-state index contributed by atoms with van der Waals surface area (Å²) in [6.07, 6.45) is 2.23. The molecule has 0 radical (unpaired) electrons. The molecule has 10 heteroatoms. The second kappa shape index (κ2) is 6.98. The monoisotopic (exact) mass is 369 g/mol. The molecule has 0 saturated carbocycles. The maximum Gasteiger partial charge on any atom is 0.314 e. The summed E-state index contributed by atoms with van der Waals surface area (Å²) < 4.78 is 31.6. The molecule has 0 N–H and O–H groups in total. The van der Waals surface area contributed by atoms with Crippen LogP contribution in [0.5, 0.6) is 0 Å². The fourth-order valence-electron chi connectivity index (χ4n) is 2.38. The van der Waals surface area contributed by atoms with Gasteiger partial charge in [-0.1, -0.05) is 5.21 Å². The molecule has 0 bridgehead atoms. The van der Waals surface area contributed by atoms with Crippen LogP contribution in [0.1, 0.15) is 23.7 Å². The number of pyridine rings is 2. The molecular weight excluding hydrogens is 356 g/mol. The molecule has 0 fully saturated rings. The first kappa shape index (κ1) is 16.9. The van der Waals surface area contributed by atoms with E-state index in [9.17, 15) is 8.78 Å². The Morgan fingerprint density at radius 2 is 1.81 bits per heavy atom. The van der Waals surface area contributed by atoms with Gasteiger partial charge in [0, 0.05) is 23.7 Å². The van der Waals surface area contributed by atoms with Gasteiger partial charge < -0.3 is 4.42 Å². The Morgan fingerprint density at radius 1 is 1.00 bits per heavy atom. The van der Waals surface area contributed by atoms with Gasteiger partial charge in [0.1, 0.15) is 5.69 Å². The van der Waals surface area contributed by atoms with Crippen LogP contribution in [0.25, 0.3) is 22.7 Å². The smallest absolute Gasteiger partial charge is 0.314 e. The van der Waals surface area contributed by atoms with Crippen molar-refractivity contribution >= 4 is 0 Å². The highest BCUT2D eigenvalue weighted by atomic mass is 19.3. The fraction of sp³-hybridized carbons (Fsp3) is 0.176. The van der Waals surface area contributed by atoms with E-state index in [-0.39, 0.29) is 5.89 Å². The van der Waals surface area contributed by atoms with Gasteiger partial charge in [-0.25, -0.2) is 4.68 Å². The summed E-state index contributed by atoms with van der Waals surface area (Å²) in [5.74, 6) is -0.714. The van der Waals surface area contributed by atoms with Gasteiger partial charge in [-0.3, -0.25) is 9.97 Å². The van der Waals surface area contributed by atoms with Gasteiger partial charge in [0.05, 0.1) is 24.0 Å². The molecule has 0 spiro atoms. The molecule has 0 atom stereocenters. The lowest BCUT2D eigenvalue weighted by Gasteiger charge is -2.01. The highest BCUT2D eigenvalue weighted by molar-refractivity contribution is 5.56. The molecule has 0 amide bonds. The molecule has 4 heterocycles. The van der Waals surface area contributed by atoms with E-state index < -0.39 is 12.3 Å². The van der Waals surface area contributed by atoms with Crippen LogP contribution in [-0.4, -0.2) is 35.2 Å². The minimum Gasteiger partial charge on any atom is -0.415 e. The first-order valence-electron chi connectivity index (χ1n) is 7.98. The number of halogens is 2. The number of aromatic nitrogens is 7. The van der Waals surface area contributed by atoms with E-state index in [1.165, 1.54) is 6.20 Å². The number of hydrogen-bond donors (Lipinski definition) is 0. The molecule has 0 aliphatic heterocycles. The third kappa shape index (κ3) is 3.68. The van der Waals surface area contributed by atoms with Gasteiger partial charge in [-0.2, -0.15) is 8.78 Å². The Bertz CT molecular complexity index is 1040. The molecule has 4 aromatic heterocycles. The maximum atomic E-state index is 12.5. The van der Waals surface area contributed by atoms with Crippen molar-refractivity contribution in [2.75, 3.05) is 0 Å². The van der Waals surface area contributed by atoms with Gasteiger partial charge in [0.15, 0.2) is 0 Å². The zero-order chi connectivity index (χ0) is 18.8. The van der Waals surface area contributed by atoms with Gasteiger partial charge in [0.2, 0.25) is 5.89 Å². The summed E-state index contributed by atoms with van der Waals surface area (Å²) in [5.41, 5.74) is 3.69. The fourth-order valence-corrected chi connectivity index (χ4v) is 2.38. The normalized spacial score (nSPS) is 11.3. The molecule has 0 aliphatic rings. The van der Waals surface area contributed by atoms with E-state index in [0.717, 1.165) is 11.3 Å². The van der Waals surface area contributed by atoms with Crippen LogP contribution in [0.3, 0.4) is 0 Å². The predicted molar refractivity (Wildman–Crippen MR) is 89.6 cm³/mol. The Balaban J connectivity index is 1.48. The van der Waals surface area contributed by atoms with Crippen LogP contribution in [0, 0.1) is 6.92 Å². The quantitative estimate of drug-likeness (QED) is 0.533. The van der Waals surface area contributed by atoms with E-state index in [2.05, 4.69) is 30.5 Å². The highest BCUT2D eigenvalue weighted by Gasteiger charge is 2.17. The molecule has 4 aromatic rings. The summed E-state index contributed by atoms with van der Waals surface area (Å²) in [6.45, 7) is 2.32. The second-order valence-electron chi connectivity index (χ2n) is 5.77. The topological polar surface area (TPSA) is 95.4 Å². The molecule has 0 aliphatic carbocycles. The standard InChI is InChI=1S/C17H13F2N7O/c1-10-2-3-11(6-20-10)14-9-26(25-22-14)8-13-5-4-12(7-21-13)16-23-24-17(27-16)15(18)19/h2-7,9,15H,8H2,1H3. The van der Waals surface area contributed by atoms with Crippen molar-refractivity contribution in [1.29, 1.82) is 0 Å². The third-order valence-electron chi connectivity index (χ3n) is 3.77. The van der Waals surface area contributed by atoms with E-state index in [1.807, 2.05) is 19.1 Å². The lowest BCUT2D eigenvalue weighted by Crippen LogP contribution is -2.02. The zero-order valence-electron chi connectivity index (χ0n) is 14.1. The minimum atomic E-state index is -2.80. The van der Waals surface area contributed by atoms with Crippen LogP contribution >= 0.6 is 0 Å². The van der Waals surface area contributed by atoms with Crippen molar-refractivity contribution in [3.05, 3.63) is 60.1 Å². The Hall–Kier alpha value is -3.56. The van der Waals surface area contributed by atoms with Crippen LogP contribution in [0.4, 0.5) is 8.78 Å².